The molecule has 2 aromatic rings. The number of furan rings is 1. The number of carbonyl (C=O) groups is 3. The monoisotopic (exact) mass is 386 g/mol. The molecular formula is C20H18O8. The molecule has 2 heterocycles. The minimum absolute atomic E-state index is 0.0269. The Balaban J connectivity index is 1.78. The van der Waals surface area contributed by atoms with Crippen LogP contribution >= 0.6 is 0 Å². The van der Waals surface area contributed by atoms with Gasteiger partial charge in [-0.25, -0.2) is 14.4 Å². The van der Waals surface area contributed by atoms with Gasteiger partial charge in [-0.15, -0.1) is 0 Å². The van der Waals surface area contributed by atoms with Crippen molar-refractivity contribution in [2.24, 2.45) is 0 Å². The van der Waals surface area contributed by atoms with Crippen molar-refractivity contribution in [1.29, 1.82) is 0 Å². The zero-order valence-electron chi connectivity index (χ0n) is 15.5. The second-order valence-corrected chi connectivity index (χ2v) is 6.32. The van der Waals surface area contributed by atoms with Gasteiger partial charge >= 0.3 is 17.9 Å². The highest BCUT2D eigenvalue weighted by atomic mass is 16.7. The lowest BCUT2D eigenvalue weighted by atomic mass is 10.1. The molecule has 0 saturated carbocycles. The van der Waals surface area contributed by atoms with E-state index in [1.807, 2.05) is 0 Å². The van der Waals surface area contributed by atoms with E-state index in [9.17, 15) is 14.4 Å². The van der Waals surface area contributed by atoms with E-state index in [1.165, 1.54) is 33.1 Å². The lowest BCUT2D eigenvalue weighted by Crippen LogP contribution is -2.41. The zero-order chi connectivity index (χ0) is 20.3. The average molecular weight is 386 g/mol. The molecule has 0 spiro atoms. The van der Waals surface area contributed by atoms with Crippen LogP contribution in [0.5, 0.6) is 5.75 Å². The Hall–Kier alpha value is -3.55. The van der Waals surface area contributed by atoms with E-state index >= 15 is 0 Å². The Morgan fingerprint density at radius 2 is 1.75 bits per heavy atom. The molecule has 0 radical (unpaired) electrons. The van der Waals surface area contributed by atoms with Crippen molar-refractivity contribution in [3.05, 3.63) is 59.1 Å². The maximum atomic E-state index is 12.1. The summed E-state index contributed by atoms with van der Waals surface area (Å²) in [5.41, 5.74) is 0.243. The van der Waals surface area contributed by atoms with Gasteiger partial charge in [-0.2, -0.15) is 0 Å². The highest BCUT2D eigenvalue weighted by Crippen LogP contribution is 2.27. The molecule has 1 aromatic heterocycles. The third-order valence-corrected chi connectivity index (χ3v) is 3.75. The molecule has 28 heavy (non-hydrogen) atoms. The second-order valence-electron chi connectivity index (χ2n) is 6.32. The van der Waals surface area contributed by atoms with Crippen LogP contribution in [0, 0.1) is 0 Å². The number of rotatable bonds is 5. The Bertz CT molecular complexity index is 929. The molecule has 1 saturated heterocycles. The molecule has 0 N–H and O–H groups in total. The summed E-state index contributed by atoms with van der Waals surface area (Å²) in [6.07, 6.45) is 1.34. The Morgan fingerprint density at radius 3 is 2.43 bits per heavy atom. The van der Waals surface area contributed by atoms with E-state index in [1.54, 1.807) is 30.3 Å². The van der Waals surface area contributed by atoms with Crippen molar-refractivity contribution < 1.29 is 37.7 Å². The third-order valence-electron chi connectivity index (χ3n) is 3.75. The molecule has 0 unspecified atom stereocenters. The highest BCUT2D eigenvalue weighted by Gasteiger charge is 2.39. The van der Waals surface area contributed by atoms with Crippen LogP contribution in [-0.4, -0.2) is 30.8 Å². The van der Waals surface area contributed by atoms with Gasteiger partial charge in [0.1, 0.15) is 23.7 Å². The molecule has 0 aliphatic carbocycles. The molecule has 8 heteroatoms. The number of benzene rings is 1. The minimum atomic E-state index is -1.31. The van der Waals surface area contributed by atoms with Gasteiger partial charge in [-0.3, -0.25) is 0 Å². The Labute approximate surface area is 160 Å². The van der Waals surface area contributed by atoms with Crippen LogP contribution in [0.3, 0.4) is 0 Å². The van der Waals surface area contributed by atoms with Crippen LogP contribution in [0.25, 0.3) is 6.08 Å². The third kappa shape index (κ3) is 4.22. The van der Waals surface area contributed by atoms with Crippen LogP contribution in [0.4, 0.5) is 0 Å². The first-order chi connectivity index (χ1) is 13.3. The van der Waals surface area contributed by atoms with Crippen molar-refractivity contribution in [2.75, 3.05) is 7.11 Å². The molecule has 0 amide bonds. The van der Waals surface area contributed by atoms with Crippen molar-refractivity contribution in [1.82, 2.24) is 0 Å². The molecule has 1 aromatic carbocycles. The van der Waals surface area contributed by atoms with Gasteiger partial charge in [0.05, 0.1) is 7.11 Å². The Kier molecular flexibility index (Phi) is 5.21. The Morgan fingerprint density at radius 1 is 1.07 bits per heavy atom. The SMILES string of the molecule is COC(=O)c1ccc(COc2ccccc2C=C2C(=O)OC(C)(C)OC2=O)o1. The molecule has 146 valence electrons. The smallest absolute Gasteiger partial charge is 0.373 e. The van der Waals surface area contributed by atoms with Gasteiger partial charge in [0.25, 0.3) is 5.79 Å². The number of methoxy groups -OCH3 is 1. The fourth-order valence-electron chi connectivity index (χ4n) is 2.48. The summed E-state index contributed by atoms with van der Waals surface area (Å²) < 4.78 is 25.8. The van der Waals surface area contributed by atoms with E-state index in [2.05, 4.69) is 4.74 Å². The fraction of sp³-hybridized carbons (Fsp3) is 0.250. The standard InChI is InChI=1S/C20H18O8/c1-20(2)27-17(21)14(18(22)28-20)10-12-6-4-5-7-15(12)25-11-13-8-9-16(26-13)19(23)24-3/h4-10H,11H2,1-3H3. The summed E-state index contributed by atoms with van der Waals surface area (Å²) in [5, 5.41) is 0. The van der Waals surface area contributed by atoms with Crippen molar-refractivity contribution in [3.63, 3.8) is 0 Å². The first kappa shape index (κ1) is 19.2. The van der Waals surface area contributed by atoms with E-state index in [0.29, 0.717) is 17.1 Å². The van der Waals surface area contributed by atoms with Gasteiger partial charge in [0.2, 0.25) is 5.76 Å². The normalized spacial score (nSPS) is 15.5. The predicted octanol–water partition coefficient (Wildman–Crippen LogP) is 2.86. The minimum Gasteiger partial charge on any atom is -0.485 e. The number of para-hydroxylation sites is 1. The van der Waals surface area contributed by atoms with E-state index in [-0.39, 0.29) is 17.9 Å². The quantitative estimate of drug-likeness (QED) is 0.439. The molecule has 0 bridgehead atoms. The van der Waals surface area contributed by atoms with Crippen LogP contribution < -0.4 is 4.74 Å². The van der Waals surface area contributed by atoms with Gasteiger partial charge in [0.15, 0.2) is 0 Å². The summed E-state index contributed by atoms with van der Waals surface area (Å²) in [6, 6.07) is 9.87. The molecule has 1 aliphatic heterocycles. The number of hydrogen-bond acceptors (Lipinski definition) is 8. The maximum absolute atomic E-state index is 12.1. The van der Waals surface area contributed by atoms with Crippen molar-refractivity contribution in [3.8, 4) is 5.75 Å². The van der Waals surface area contributed by atoms with Gasteiger partial charge in [-0.05, 0) is 24.3 Å². The molecular weight excluding hydrogens is 368 g/mol. The van der Waals surface area contributed by atoms with Crippen molar-refractivity contribution >= 4 is 24.0 Å². The lowest BCUT2D eigenvalue weighted by Gasteiger charge is -2.29. The van der Waals surface area contributed by atoms with Crippen LogP contribution in [-0.2, 0) is 30.4 Å². The zero-order valence-corrected chi connectivity index (χ0v) is 15.5. The number of carbonyl (C=O) groups excluding carboxylic acids is 3. The van der Waals surface area contributed by atoms with Crippen molar-refractivity contribution in [2.45, 2.75) is 26.2 Å². The summed E-state index contributed by atoms with van der Waals surface area (Å²) in [4.78, 5) is 35.7. The molecule has 1 fully saturated rings. The predicted molar refractivity (Wildman–Crippen MR) is 95.1 cm³/mol. The van der Waals surface area contributed by atoms with Gasteiger partial charge in [0, 0.05) is 19.4 Å². The molecule has 0 atom stereocenters. The second kappa shape index (κ2) is 7.59. The van der Waals surface area contributed by atoms with E-state index < -0.39 is 23.7 Å². The summed E-state index contributed by atoms with van der Waals surface area (Å²) >= 11 is 0. The molecule has 8 nitrogen and oxygen atoms in total. The summed E-state index contributed by atoms with van der Waals surface area (Å²) in [6.45, 7) is 2.98. The highest BCUT2D eigenvalue weighted by molar-refractivity contribution is 6.19. The van der Waals surface area contributed by atoms with Crippen LogP contribution in [0.15, 0.2) is 46.4 Å². The van der Waals surface area contributed by atoms with Crippen LogP contribution in [0.1, 0.15) is 35.7 Å². The number of hydrogen-bond donors (Lipinski definition) is 0. The van der Waals surface area contributed by atoms with E-state index in [0.717, 1.165) is 0 Å². The maximum Gasteiger partial charge on any atom is 0.373 e. The number of cyclic esters (lactones) is 2. The first-order valence-corrected chi connectivity index (χ1v) is 8.36. The molecule has 1 aliphatic rings. The first-order valence-electron chi connectivity index (χ1n) is 8.36. The summed E-state index contributed by atoms with van der Waals surface area (Å²) in [7, 11) is 1.26. The number of ether oxygens (including phenoxy) is 4. The van der Waals surface area contributed by atoms with E-state index in [4.69, 9.17) is 18.6 Å². The van der Waals surface area contributed by atoms with Gasteiger partial charge in [-0.1, -0.05) is 18.2 Å². The average Bonchev–Trinajstić information content (AvgIpc) is 3.11. The number of esters is 3. The van der Waals surface area contributed by atoms with Gasteiger partial charge < -0.3 is 23.4 Å². The lowest BCUT2D eigenvalue weighted by molar-refractivity contribution is -0.222. The fourth-order valence-corrected chi connectivity index (χ4v) is 2.48. The summed E-state index contributed by atoms with van der Waals surface area (Å²) in [5.74, 6) is -2.58. The van der Waals surface area contributed by atoms with Crippen LogP contribution in [0.2, 0.25) is 0 Å². The molecule has 3 rings (SSSR count). The largest absolute Gasteiger partial charge is 0.485 e. The topological polar surface area (TPSA) is 101 Å².